The Labute approximate surface area is 106 Å². The van der Waals surface area contributed by atoms with E-state index in [4.69, 9.17) is 4.74 Å². The van der Waals surface area contributed by atoms with Crippen LogP contribution in [0, 0.1) is 6.92 Å². The quantitative estimate of drug-likeness (QED) is 0.899. The maximum Gasteiger partial charge on any atom is 0.119 e. The first-order valence-corrected chi connectivity index (χ1v) is 6.46. The average Bonchev–Trinajstić information content (AvgIpc) is 2.70. The van der Waals surface area contributed by atoms with Crippen LogP contribution in [0.15, 0.2) is 16.6 Å². The second-order valence-corrected chi connectivity index (χ2v) is 5.46. The minimum Gasteiger partial charge on any atom is -0.497 e. The topological polar surface area (TPSA) is 21.3 Å². The molecule has 0 aliphatic carbocycles. The molecule has 0 bridgehead atoms. The zero-order valence-corrected chi connectivity index (χ0v) is 11.6. The molecule has 0 aromatic heterocycles. The fourth-order valence-electron chi connectivity index (χ4n) is 2.38. The van der Waals surface area contributed by atoms with Crippen LogP contribution in [-0.2, 0) is 5.54 Å². The fraction of sp³-hybridized carbons (Fsp3) is 0.538. The summed E-state index contributed by atoms with van der Waals surface area (Å²) in [6.45, 7) is 5.46. The third-order valence-corrected chi connectivity index (χ3v) is 4.48. The second-order valence-electron chi connectivity index (χ2n) is 4.67. The van der Waals surface area contributed by atoms with Gasteiger partial charge >= 0.3 is 0 Å². The molecule has 1 aromatic rings. The first kappa shape index (κ1) is 11.9. The van der Waals surface area contributed by atoms with E-state index < -0.39 is 0 Å². The van der Waals surface area contributed by atoms with Crippen molar-refractivity contribution in [2.75, 3.05) is 13.7 Å². The smallest absolute Gasteiger partial charge is 0.119 e. The number of halogens is 1. The van der Waals surface area contributed by atoms with Gasteiger partial charge in [-0.2, -0.15) is 0 Å². The van der Waals surface area contributed by atoms with Gasteiger partial charge in [0.05, 0.1) is 7.11 Å². The summed E-state index contributed by atoms with van der Waals surface area (Å²) < 4.78 is 6.55. The van der Waals surface area contributed by atoms with E-state index in [0.29, 0.717) is 0 Å². The zero-order chi connectivity index (χ0) is 11.8. The summed E-state index contributed by atoms with van der Waals surface area (Å²) in [4.78, 5) is 0. The Morgan fingerprint density at radius 2 is 2.19 bits per heavy atom. The number of ether oxygens (including phenoxy) is 1. The Hall–Kier alpha value is -0.540. The predicted molar refractivity (Wildman–Crippen MR) is 70.0 cm³/mol. The lowest BCUT2D eigenvalue weighted by Gasteiger charge is -2.27. The van der Waals surface area contributed by atoms with Crippen LogP contribution in [0.3, 0.4) is 0 Å². The van der Waals surface area contributed by atoms with Gasteiger partial charge in [0.1, 0.15) is 5.75 Å². The molecule has 1 saturated heterocycles. The average molecular weight is 284 g/mol. The van der Waals surface area contributed by atoms with Crippen molar-refractivity contribution in [2.24, 2.45) is 0 Å². The van der Waals surface area contributed by atoms with E-state index in [1.807, 2.05) is 0 Å². The molecule has 1 N–H and O–H groups in total. The van der Waals surface area contributed by atoms with Crippen LogP contribution in [0.1, 0.15) is 30.9 Å². The molecule has 1 atom stereocenters. The molecule has 1 aromatic carbocycles. The van der Waals surface area contributed by atoms with Gasteiger partial charge in [-0.25, -0.2) is 0 Å². The highest BCUT2D eigenvalue weighted by Gasteiger charge is 2.32. The molecule has 0 saturated carbocycles. The Morgan fingerprint density at radius 1 is 1.44 bits per heavy atom. The molecule has 1 unspecified atom stereocenters. The molecular weight excluding hydrogens is 266 g/mol. The summed E-state index contributed by atoms with van der Waals surface area (Å²) in [6, 6.07) is 4.20. The van der Waals surface area contributed by atoms with E-state index in [1.165, 1.54) is 28.4 Å². The monoisotopic (exact) mass is 283 g/mol. The highest BCUT2D eigenvalue weighted by atomic mass is 79.9. The van der Waals surface area contributed by atoms with Crippen molar-refractivity contribution in [3.63, 3.8) is 0 Å². The molecule has 1 heterocycles. The predicted octanol–water partition coefficient (Wildman–Crippen LogP) is 3.36. The number of hydrogen-bond donors (Lipinski definition) is 1. The lowest BCUT2D eigenvalue weighted by atomic mass is 9.89. The van der Waals surface area contributed by atoms with Crippen molar-refractivity contribution < 1.29 is 4.74 Å². The molecule has 1 aliphatic heterocycles. The molecule has 0 spiro atoms. The number of nitrogens with one attached hydrogen (secondary N) is 1. The van der Waals surface area contributed by atoms with Crippen molar-refractivity contribution in [1.29, 1.82) is 0 Å². The molecule has 1 aliphatic rings. The molecule has 0 amide bonds. The lowest BCUT2D eigenvalue weighted by Crippen LogP contribution is -2.33. The molecule has 0 radical (unpaired) electrons. The van der Waals surface area contributed by atoms with E-state index in [1.54, 1.807) is 7.11 Å². The van der Waals surface area contributed by atoms with Gasteiger partial charge in [-0.05, 0) is 56.5 Å². The van der Waals surface area contributed by atoms with Gasteiger partial charge in [0.2, 0.25) is 0 Å². The van der Waals surface area contributed by atoms with E-state index >= 15 is 0 Å². The van der Waals surface area contributed by atoms with Crippen LogP contribution in [0.25, 0.3) is 0 Å². The number of benzene rings is 1. The van der Waals surface area contributed by atoms with E-state index in [-0.39, 0.29) is 5.54 Å². The third kappa shape index (κ3) is 1.98. The summed E-state index contributed by atoms with van der Waals surface area (Å²) in [6.07, 6.45) is 2.41. The normalized spacial score (nSPS) is 24.8. The maximum absolute atomic E-state index is 5.35. The molecule has 88 valence electrons. The van der Waals surface area contributed by atoms with E-state index in [0.717, 1.165) is 12.3 Å². The highest BCUT2D eigenvalue weighted by Crippen LogP contribution is 2.38. The molecule has 2 nitrogen and oxygen atoms in total. The zero-order valence-electron chi connectivity index (χ0n) is 10.1. The largest absolute Gasteiger partial charge is 0.497 e. The van der Waals surface area contributed by atoms with Gasteiger partial charge in [-0.3, -0.25) is 0 Å². The van der Waals surface area contributed by atoms with Crippen LogP contribution in [-0.4, -0.2) is 13.7 Å². The molecule has 2 rings (SSSR count). The minimum atomic E-state index is 0.0815. The standard InChI is InChI=1S/C13H18BrNO/c1-9-7-10(16-3)8-11(12(9)14)13(2)5-4-6-15-13/h7-8,15H,4-6H2,1-3H3. The summed E-state index contributed by atoms with van der Waals surface area (Å²) in [5, 5.41) is 3.58. The van der Waals surface area contributed by atoms with E-state index in [2.05, 4.69) is 47.2 Å². The molecular formula is C13H18BrNO. The summed E-state index contributed by atoms with van der Waals surface area (Å²) in [5.74, 6) is 0.936. The Morgan fingerprint density at radius 3 is 2.75 bits per heavy atom. The first-order chi connectivity index (χ1) is 7.57. The number of hydrogen-bond acceptors (Lipinski definition) is 2. The second kappa shape index (κ2) is 4.38. The van der Waals surface area contributed by atoms with E-state index in [9.17, 15) is 0 Å². The van der Waals surface area contributed by atoms with Crippen LogP contribution >= 0.6 is 15.9 Å². The van der Waals surface area contributed by atoms with Gasteiger partial charge in [0.25, 0.3) is 0 Å². The van der Waals surface area contributed by atoms with Crippen molar-refractivity contribution in [2.45, 2.75) is 32.2 Å². The van der Waals surface area contributed by atoms with Gasteiger partial charge in [0.15, 0.2) is 0 Å². The minimum absolute atomic E-state index is 0.0815. The summed E-state index contributed by atoms with van der Waals surface area (Å²) in [7, 11) is 1.72. The van der Waals surface area contributed by atoms with Crippen LogP contribution < -0.4 is 10.1 Å². The Bertz CT molecular complexity index is 397. The SMILES string of the molecule is COc1cc(C)c(Br)c(C2(C)CCCN2)c1. The number of methoxy groups -OCH3 is 1. The Balaban J connectivity index is 2.50. The van der Waals surface area contributed by atoms with Crippen LogP contribution in [0.2, 0.25) is 0 Å². The third-order valence-electron chi connectivity index (χ3n) is 3.43. The highest BCUT2D eigenvalue weighted by molar-refractivity contribution is 9.10. The maximum atomic E-state index is 5.35. The molecule has 16 heavy (non-hydrogen) atoms. The van der Waals surface area contributed by atoms with Crippen LogP contribution in [0.4, 0.5) is 0 Å². The Kier molecular flexibility index (Phi) is 3.27. The van der Waals surface area contributed by atoms with Crippen LogP contribution in [0.5, 0.6) is 5.75 Å². The number of rotatable bonds is 2. The van der Waals surface area contributed by atoms with Gasteiger partial charge in [-0.15, -0.1) is 0 Å². The van der Waals surface area contributed by atoms with Crippen molar-refractivity contribution >= 4 is 15.9 Å². The fourth-order valence-corrected chi connectivity index (χ4v) is 3.05. The molecule has 3 heteroatoms. The van der Waals surface area contributed by atoms with Gasteiger partial charge in [-0.1, -0.05) is 15.9 Å². The lowest BCUT2D eigenvalue weighted by molar-refractivity contribution is 0.402. The van der Waals surface area contributed by atoms with Crippen molar-refractivity contribution in [1.82, 2.24) is 5.32 Å². The van der Waals surface area contributed by atoms with Gasteiger partial charge in [0, 0.05) is 10.0 Å². The number of aryl methyl sites for hydroxylation is 1. The molecule has 1 fully saturated rings. The first-order valence-electron chi connectivity index (χ1n) is 5.66. The van der Waals surface area contributed by atoms with Gasteiger partial charge < -0.3 is 10.1 Å². The van der Waals surface area contributed by atoms with Crippen molar-refractivity contribution in [3.8, 4) is 5.75 Å². The summed E-state index contributed by atoms with van der Waals surface area (Å²) in [5.41, 5.74) is 2.61. The van der Waals surface area contributed by atoms with Crippen molar-refractivity contribution in [3.05, 3.63) is 27.7 Å². The summed E-state index contributed by atoms with van der Waals surface area (Å²) >= 11 is 3.69.